The summed E-state index contributed by atoms with van der Waals surface area (Å²) in [5, 5.41) is 3.32. The standard InChI is InChI=1S/C31H51N5O3/c1-23(2)14-20-35(21-15-24(3)4)28(37)25-12-13-26-27(22-25)36(19-11-18-34-16-9-8-10-17-34)30(32-26)33-31(5,6)29(38)39-7/h12-13,22-24H,8-11,14-21H2,1-7H3,(H,32,33). The number of likely N-dealkylation sites (tertiary alicyclic amines) is 1. The highest BCUT2D eigenvalue weighted by atomic mass is 16.5. The monoisotopic (exact) mass is 541 g/mol. The molecule has 0 saturated carbocycles. The maximum atomic E-state index is 13.7. The molecule has 0 spiro atoms. The molecule has 8 heteroatoms. The van der Waals surface area contributed by atoms with Crippen molar-refractivity contribution in [2.45, 2.75) is 92.2 Å². The van der Waals surface area contributed by atoms with Crippen LogP contribution < -0.4 is 5.32 Å². The number of carbonyl (C=O) groups excluding carboxylic acids is 2. The number of hydrogen-bond donors (Lipinski definition) is 1. The van der Waals surface area contributed by atoms with E-state index in [0.717, 1.165) is 69.6 Å². The second-order valence-corrected chi connectivity index (χ2v) is 12.4. The highest BCUT2D eigenvalue weighted by Crippen LogP contribution is 2.26. The molecule has 39 heavy (non-hydrogen) atoms. The van der Waals surface area contributed by atoms with E-state index < -0.39 is 5.54 Å². The van der Waals surface area contributed by atoms with Crippen LogP contribution in [-0.4, -0.2) is 76.6 Å². The SMILES string of the molecule is COC(=O)C(C)(C)Nc1nc2ccc(C(=O)N(CCC(C)C)CCC(C)C)cc2n1CCCN1CCCCC1. The second-order valence-electron chi connectivity index (χ2n) is 12.4. The molecule has 8 nitrogen and oxygen atoms in total. The first-order chi connectivity index (χ1) is 18.5. The molecule has 0 aliphatic carbocycles. The number of benzene rings is 1. The third kappa shape index (κ3) is 8.69. The molecular formula is C31H51N5O3. The second kappa shape index (κ2) is 14.1. The minimum absolute atomic E-state index is 0.0728. The van der Waals surface area contributed by atoms with Crippen molar-refractivity contribution < 1.29 is 14.3 Å². The van der Waals surface area contributed by atoms with Gasteiger partial charge in [0.05, 0.1) is 18.1 Å². The summed E-state index contributed by atoms with van der Waals surface area (Å²) in [6.45, 7) is 18.0. The maximum absolute atomic E-state index is 13.7. The molecular weight excluding hydrogens is 490 g/mol. The van der Waals surface area contributed by atoms with Crippen LogP contribution >= 0.6 is 0 Å². The molecule has 1 N–H and O–H groups in total. The van der Waals surface area contributed by atoms with E-state index in [1.165, 1.54) is 26.4 Å². The van der Waals surface area contributed by atoms with Crippen molar-refractivity contribution in [2.75, 3.05) is 45.2 Å². The Balaban J connectivity index is 1.91. The summed E-state index contributed by atoms with van der Waals surface area (Å²) < 4.78 is 7.15. The van der Waals surface area contributed by atoms with E-state index in [0.29, 0.717) is 23.3 Å². The van der Waals surface area contributed by atoms with E-state index in [9.17, 15) is 9.59 Å². The molecule has 1 saturated heterocycles. The lowest BCUT2D eigenvalue weighted by Crippen LogP contribution is -2.42. The van der Waals surface area contributed by atoms with E-state index >= 15 is 0 Å². The minimum Gasteiger partial charge on any atom is -0.467 e. The Morgan fingerprint density at radius 3 is 2.26 bits per heavy atom. The van der Waals surface area contributed by atoms with E-state index in [1.807, 2.05) is 23.1 Å². The van der Waals surface area contributed by atoms with Gasteiger partial charge in [0.2, 0.25) is 5.95 Å². The van der Waals surface area contributed by atoms with Crippen LogP contribution in [0, 0.1) is 11.8 Å². The van der Waals surface area contributed by atoms with Crippen LogP contribution in [-0.2, 0) is 16.1 Å². The number of hydrogen-bond acceptors (Lipinski definition) is 6. The number of rotatable bonds is 14. The van der Waals surface area contributed by atoms with Crippen molar-refractivity contribution in [3.63, 3.8) is 0 Å². The van der Waals surface area contributed by atoms with Crippen molar-refractivity contribution in [2.24, 2.45) is 11.8 Å². The van der Waals surface area contributed by atoms with E-state index in [2.05, 4.69) is 42.5 Å². The minimum atomic E-state index is -0.941. The summed E-state index contributed by atoms with van der Waals surface area (Å²) in [5.74, 6) is 1.42. The lowest BCUT2D eigenvalue weighted by molar-refractivity contribution is -0.144. The lowest BCUT2D eigenvalue weighted by atomic mass is 10.1. The summed E-state index contributed by atoms with van der Waals surface area (Å²) in [5.41, 5.74) is 1.47. The van der Waals surface area contributed by atoms with Gasteiger partial charge in [0.25, 0.3) is 5.91 Å². The van der Waals surface area contributed by atoms with Crippen LogP contribution in [0.1, 0.15) is 90.4 Å². The Morgan fingerprint density at radius 1 is 1.03 bits per heavy atom. The molecule has 1 aromatic heterocycles. The van der Waals surface area contributed by atoms with E-state index in [4.69, 9.17) is 9.72 Å². The van der Waals surface area contributed by atoms with Gasteiger partial charge in [0.15, 0.2) is 0 Å². The fraction of sp³-hybridized carbons (Fsp3) is 0.710. The molecule has 1 aromatic carbocycles. The fourth-order valence-electron chi connectivity index (χ4n) is 5.12. The van der Waals surface area contributed by atoms with Gasteiger partial charge >= 0.3 is 5.97 Å². The van der Waals surface area contributed by atoms with Gasteiger partial charge in [-0.05, 0) is 95.6 Å². The summed E-state index contributed by atoms with van der Waals surface area (Å²) in [4.78, 5) is 35.6. The zero-order chi connectivity index (χ0) is 28.6. The third-order valence-electron chi connectivity index (χ3n) is 7.66. The number of nitrogens with zero attached hydrogens (tertiary/aromatic N) is 4. The molecule has 1 amide bonds. The predicted molar refractivity (Wildman–Crippen MR) is 159 cm³/mol. The first-order valence-corrected chi connectivity index (χ1v) is 14.9. The zero-order valence-corrected chi connectivity index (χ0v) is 25.4. The van der Waals surface area contributed by atoms with Crippen molar-refractivity contribution in [3.05, 3.63) is 23.8 Å². The number of nitrogens with one attached hydrogen (secondary N) is 1. The highest BCUT2D eigenvalue weighted by molar-refractivity contribution is 5.98. The molecule has 1 fully saturated rings. The molecule has 3 rings (SSSR count). The fourth-order valence-corrected chi connectivity index (χ4v) is 5.12. The molecule has 2 heterocycles. The van der Waals surface area contributed by atoms with Crippen molar-refractivity contribution >= 4 is 28.9 Å². The van der Waals surface area contributed by atoms with Crippen LogP contribution in [0.2, 0.25) is 0 Å². The molecule has 0 radical (unpaired) electrons. The first-order valence-electron chi connectivity index (χ1n) is 14.9. The first kappa shape index (κ1) is 30.9. The van der Waals surface area contributed by atoms with Gasteiger partial charge in [-0.25, -0.2) is 9.78 Å². The number of fused-ring (bicyclic) bond motifs is 1. The molecule has 1 aliphatic heterocycles. The number of aromatic nitrogens is 2. The number of carbonyl (C=O) groups is 2. The smallest absolute Gasteiger partial charge is 0.330 e. The van der Waals surface area contributed by atoms with E-state index in [-0.39, 0.29) is 11.9 Å². The van der Waals surface area contributed by atoms with Crippen LogP contribution in [0.25, 0.3) is 11.0 Å². The number of ether oxygens (including phenoxy) is 1. The van der Waals surface area contributed by atoms with Gasteiger partial charge in [0, 0.05) is 25.2 Å². The Hall–Kier alpha value is -2.61. The Bertz CT molecular complexity index is 1070. The van der Waals surface area contributed by atoms with Crippen LogP contribution in [0.3, 0.4) is 0 Å². The Kier molecular flexibility index (Phi) is 11.2. The quantitative estimate of drug-likeness (QED) is 0.304. The molecule has 0 bridgehead atoms. The average molecular weight is 542 g/mol. The summed E-state index contributed by atoms with van der Waals surface area (Å²) >= 11 is 0. The number of methoxy groups -OCH3 is 1. The lowest BCUT2D eigenvalue weighted by Gasteiger charge is -2.27. The molecule has 2 aromatic rings. The number of anilines is 1. The molecule has 0 atom stereocenters. The van der Waals surface area contributed by atoms with Crippen molar-refractivity contribution in [1.29, 1.82) is 0 Å². The van der Waals surface area contributed by atoms with Crippen molar-refractivity contribution in [1.82, 2.24) is 19.4 Å². The number of amides is 1. The highest BCUT2D eigenvalue weighted by Gasteiger charge is 2.31. The largest absolute Gasteiger partial charge is 0.467 e. The van der Waals surface area contributed by atoms with Gasteiger partial charge in [-0.3, -0.25) is 4.79 Å². The normalized spacial score (nSPS) is 14.8. The maximum Gasteiger partial charge on any atom is 0.330 e. The topological polar surface area (TPSA) is 79.7 Å². The summed E-state index contributed by atoms with van der Waals surface area (Å²) in [7, 11) is 1.40. The van der Waals surface area contributed by atoms with Gasteiger partial charge in [-0.15, -0.1) is 0 Å². The van der Waals surface area contributed by atoms with Gasteiger partial charge in [-0.2, -0.15) is 0 Å². The van der Waals surface area contributed by atoms with Crippen LogP contribution in [0.4, 0.5) is 5.95 Å². The summed E-state index contributed by atoms with van der Waals surface area (Å²) in [6.07, 6.45) is 6.79. The van der Waals surface area contributed by atoms with Crippen LogP contribution in [0.15, 0.2) is 18.2 Å². The molecule has 218 valence electrons. The summed E-state index contributed by atoms with van der Waals surface area (Å²) in [6, 6.07) is 5.81. The van der Waals surface area contributed by atoms with Crippen LogP contribution in [0.5, 0.6) is 0 Å². The number of aryl methyl sites for hydroxylation is 1. The molecule has 0 unspecified atom stereocenters. The van der Waals surface area contributed by atoms with Gasteiger partial charge < -0.3 is 24.4 Å². The predicted octanol–water partition coefficient (Wildman–Crippen LogP) is 5.81. The van der Waals surface area contributed by atoms with E-state index in [1.54, 1.807) is 13.8 Å². The Morgan fingerprint density at radius 2 is 1.67 bits per heavy atom. The third-order valence-corrected chi connectivity index (χ3v) is 7.66. The van der Waals surface area contributed by atoms with Crippen molar-refractivity contribution in [3.8, 4) is 0 Å². The van der Waals surface area contributed by atoms with Gasteiger partial charge in [0.1, 0.15) is 5.54 Å². The Labute approximate surface area is 235 Å². The number of piperidine rings is 1. The average Bonchev–Trinajstić information content (AvgIpc) is 3.23. The number of esters is 1. The number of imidazole rings is 1. The molecule has 1 aliphatic rings. The zero-order valence-electron chi connectivity index (χ0n) is 25.4. The van der Waals surface area contributed by atoms with Gasteiger partial charge in [-0.1, -0.05) is 34.1 Å².